The molecule has 0 spiro atoms. The van der Waals surface area contributed by atoms with Gasteiger partial charge in [0.05, 0.1) is 0 Å². The molecule has 0 aliphatic heterocycles. The molecule has 0 aliphatic carbocycles. The van der Waals surface area contributed by atoms with Crippen LogP contribution in [-0.4, -0.2) is 16.4 Å². The normalized spacial score (nSPS) is 10.1. The fourth-order valence-electron chi connectivity index (χ4n) is 1.47. The van der Waals surface area contributed by atoms with Crippen LogP contribution in [0.3, 0.4) is 0 Å². The summed E-state index contributed by atoms with van der Waals surface area (Å²) in [5.41, 5.74) is 3.18. The van der Waals surface area contributed by atoms with E-state index < -0.39 is 6.16 Å². The van der Waals surface area contributed by atoms with Crippen LogP contribution in [0.4, 0.5) is 4.79 Å². The van der Waals surface area contributed by atoms with Crippen LogP contribution in [0.25, 0.3) is 0 Å². The summed E-state index contributed by atoms with van der Waals surface area (Å²) in [6.45, 7) is 7.19. The van der Waals surface area contributed by atoms with Crippen molar-refractivity contribution in [3.63, 3.8) is 0 Å². The summed E-state index contributed by atoms with van der Waals surface area (Å²) in [6.07, 6.45) is -1.42. The molecule has 15 heavy (non-hydrogen) atoms. The Kier molecular flexibility index (Phi) is 2.88. The van der Waals surface area contributed by atoms with Crippen molar-refractivity contribution in [1.82, 2.24) is 0 Å². The largest absolute Gasteiger partial charge is 0.511 e. The zero-order valence-electron chi connectivity index (χ0n) is 9.21. The van der Waals surface area contributed by atoms with Gasteiger partial charge in [0, 0.05) is 0 Å². The molecule has 1 aromatic rings. The van der Waals surface area contributed by atoms with Crippen molar-refractivity contribution in [2.24, 2.45) is 0 Å². The molecule has 0 atom stereocenters. The first kappa shape index (κ1) is 11.4. The van der Waals surface area contributed by atoms with Crippen molar-refractivity contribution in [2.75, 3.05) is 0 Å². The van der Waals surface area contributed by atoms with E-state index in [1.165, 1.54) is 0 Å². The summed E-state index contributed by atoms with van der Waals surface area (Å²) in [4.78, 5) is 10.4. The maximum atomic E-state index is 10.4. The number of benzene rings is 1. The van der Waals surface area contributed by atoms with E-state index in [4.69, 9.17) is 5.11 Å². The number of carboxylic acid groups (broad SMARTS) is 1. The lowest BCUT2D eigenvalue weighted by molar-refractivity contribution is 0.142. The van der Waals surface area contributed by atoms with Crippen LogP contribution in [0.2, 0.25) is 0 Å². The number of hydrogen-bond acceptors (Lipinski definition) is 3. The molecule has 0 aliphatic rings. The molecule has 1 rings (SSSR count). The average Bonchev–Trinajstić information content (AvgIpc) is 2.18. The van der Waals surface area contributed by atoms with Gasteiger partial charge in [0.15, 0.2) is 11.5 Å². The molecule has 0 amide bonds. The van der Waals surface area contributed by atoms with E-state index in [0.717, 1.165) is 11.1 Å². The van der Waals surface area contributed by atoms with Gasteiger partial charge >= 0.3 is 6.16 Å². The fourth-order valence-corrected chi connectivity index (χ4v) is 1.47. The van der Waals surface area contributed by atoms with Crippen LogP contribution in [0, 0.1) is 27.7 Å². The molecule has 0 radical (unpaired) electrons. The van der Waals surface area contributed by atoms with Crippen LogP contribution in [0.15, 0.2) is 0 Å². The van der Waals surface area contributed by atoms with Crippen LogP contribution < -0.4 is 4.74 Å². The molecular weight excluding hydrogens is 196 g/mol. The Morgan fingerprint density at radius 2 is 1.47 bits per heavy atom. The third-order valence-corrected chi connectivity index (χ3v) is 2.79. The van der Waals surface area contributed by atoms with Gasteiger partial charge in [-0.25, -0.2) is 4.79 Å². The van der Waals surface area contributed by atoms with Crippen molar-refractivity contribution in [3.8, 4) is 11.5 Å². The lowest BCUT2D eigenvalue weighted by atomic mass is 9.97. The summed E-state index contributed by atoms with van der Waals surface area (Å²) in [6, 6.07) is 0. The highest BCUT2D eigenvalue weighted by molar-refractivity contribution is 5.67. The summed E-state index contributed by atoms with van der Waals surface area (Å²) in [5.74, 6) is -0.0684. The second-order valence-corrected chi connectivity index (χ2v) is 3.55. The number of phenolic OH excluding ortho intramolecular Hbond substituents is 1. The van der Waals surface area contributed by atoms with Gasteiger partial charge in [0.1, 0.15) is 0 Å². The van der Waals surface area contributed by atoms with Gasteiger partial charge in [-0.2, -0.15) is 0 Å². The molecule has 0 heterocycles. The van der Waals surface area contributed by atoms with E-state index in [1.807, 2.05) is 13.8 Å². The molecular formula is C11H14O4. The first-order chi connectivity index (χ1) is 6.86. The highest BCUT2D eigenvalue weighted by Crippen LogP contribution is 2.38. The van der Waals surface area contributed by atoms with Gasteiger partial charge in [0.25, 0.3) is 0 Å². The Labute approximate surface area is 88.1 Å². The Balaban J connectivity index is 3.45. The number of hydrogen-bond donors (Lipinski definition) is 2. The van der Waals surface area contributed by atoms with Crippen molar-refractivity contribution in [3.05, 3.63) is 22.3 Å². The predicted octanol–water partition coefficient (Wildman–Crippen LogP) is 2.68. The monoisotopic (exact) mass is 210 g/mol. The molecule has 0 unspecified atom stereocenters. The maximum Gasteiger partial charge on any atom is 0.511 e. The Morgan fingerprint density at radius 1 is 1.00 bits per heavy atom. The minimum atomic E-state index is -1.42. The number of aromatic hydroxyl groups is 1. The van der Waals surface area contributed by atoms with E-state index in [1.54, 1.807) is 13.8 Å². The first-order valence-corrected chi connectivity index (χ1v) is 4.56. The number of rotatable bonds is 1. The number of phenols is 1. The molecule has 0 aromatic heterocycles. The average molecular weight is 210 g/mol. The van der Waals surface area contributed by atoms with Crippen LogP contribution in [0.1, 0.15) is 22.3 Å². The Hall–Kier alpha value is -1.71. The van der Waals surface area contributed by atoms with Gasteiger partial charge in [-0.05, 0) is 49.9 Å². The summed E-state index contributed by atoms with van der Waals surface area (Å²) < 4.78 is 4.56. The molecule has 2 N–H and O–H groups in total. The summed E-state index contributed by atoms with van der Waals surface area (Å²) in [7, 11) is 0. The zero-order chi connectivity index (χ0) is 11.7. The zero-order valence-corrected chi connectivity index (χ0v) is 9.21. The minimum absolute atomic E-state index is 0.0306. The molecule has 4 nitrogen and oxygen atoms in total. The number of ether oxygens (including phenoxy) is 1. The third-order valence-electron chi connectivity index (χ3n) is 2.79. The van der Waals surface area contributed by atoms with Crippen LogP contribution >= 0.6 is 0 Å². The topological polar surface area (TPSA) is 66.8 Å². The standard InChI is InChI=1S/C11H14O4/c1-5-6(2)8(4)10(15-11(13)14)9(12)7(5)3/h12H,1-4H3,(H,13,14). The first-order valence-electron chi connectivity index (χ1n) is 4.56. The van der Waals surface area contributed by atoms with Gasteiger partial charge in [-0.15, -0.1) is 0 Å². The Bertz CT molecular complexity index is 392. The molecule has 0 saturated heterocycles. The van der Waals surface area contributed by atoms with Crippen molar-refractivity contribution in [2.45, 2.75) is 27.7 Å². The molecule has 0 saturated carbocycles. The van der Waals surface area contributed by atoms with E-state index in [-0.39, 0.29) is 11.5 Å². The molecule has 1 aromatic carbocycles. The van der Waals surface area contributed by atoms with Gasteiger partial charge in [-0.3, -0.25) is 0 Å². The Morgan fingerprint density at radius 3 is 1.93 bits per heavy atom. The molecule has 4 heteroatoms. The van der Waals surface area contributed by atoms with Gasteiger partial charge in [-0.1, -0.05) is 0 Å². The van der Waals surface area contributed by atoms with E-state index in [0.29, 0.717) is 11.1 Å². The van der Waals surface area contributed by atoms with E-state index >= 15 is 0 Å². The van der Waals surface area contributed by atoms with Crippen molar-refractivity contribution in [1.29, 1.82) is 0 Å². The minimum Gasteiger partial charge on any atom is -0.504 e. The molecule has 0 fully saturated rings. The smallest absolute Gasteiger partial charge is 0.504 e. The SMILES string of the molecule is Cc1c(C)c(C)c(OC(=O)O)c(O)c1C. The van der Waals surface area contributed by atoms with E-state index in [9.17, 15) is 9.90 Å². The van der Waals surface area contributed by atoms with Crippen molar-refractivity contribution >= 4 is 6.16 Å². The molecule has 0 bridgehead atoms. The predicted molar refractivity (Wildman–Crippen MR) is 55.7 cm³/mol. The summed E-state index contributed by atoms with van der Waals surface area (Å²) >= 11 is 0. The highest BCUT2D eigenvalue weighted by atomic mass is 16.7. The molecule has 82 valence electrons. The second-order valence-electron chi connectivity index (χ2n) is 3.55. The van der Waals surface area contributed by atoms with E-state index in [2.05, 4.69) is 4.74 Å². The second kappa shape index (κ2) is 3.81. The summed E-state index contributed by atoms with van der Waals surface area (Å²) in [5, 5.41) is 18.3. The van der Waals surface area contributed by atoms with Crippen LogP contribution in [0.5, 0.6) is 11.5 Å². The maximum absolute atomic E-state index is 10.4. The fraction of sp³-hybridized carbons (Fsp3) is 0.364. The lowest BCUT2D eigenvalue weighted by Gasteiger charge is -2.15. The van der Waals surface area contributed by atoms with Gasteiger partial charge < -0.3 is 14.9 Å². The third kappa shape index (κ3) is 1.88. The number of carbonyl (C=O) groups is 1. The van der Waals surface area contributed by atoms with Crippen LogP contribution in [-0.2, 0) is 0 Å². The highest BCUT2D eigenvalue weighted by Gasteiger charge is 2.17. The van der Waals surface area contributed by atoms with Crippen molar-refractivity contribution < 1.29 is 19.7 Å². The lowest BCUT2D eigenvalue weighted by Crippen LogP contribution is -2.06. The quantitative estimate of drug-likeness (QED) is 0.552. The van der Waals surface area contributed by atoms with Gasteiger partial charge in [0.2, 0.25) is 0 Å².